The molecule has 148 valence electrons. The van der Waals surface area contributed by atoms with E-state index in [1.807, 2.05) is 0 Å². The maximum Gasteiger partial charge on any atom is 0.327 e. The maximum atomic E-state index is 12.4. The summed E-state index contributed by atoms with van der Waals surface area (Å²) in [6.07, 6.45) is 0.0370. The molecule has 2 aromatic carbocycles. The summed E-state index contributed by atoms with van der Waals surface area (Å²) in [6, 6.07) is 8.31. The van der Waals surface area contributed by atoms with Gasteiger partial charge in [-0.05, 0) is 29.8 Å². The molecule has 0 saturated carbocycles. The summed E-state index contributed by atoms with van der Waals surface area (Å²) in [5.74, 6) is -2.50. The molecule has 2 rings (SSSR count). The van der Waals surface area contributed by atoms with Crippen molar-refractivity contribution in [2.24, 2.45) is 5.73 Å². The maximum absolute atomic E-state index is 12.4. The molecule has 0 aliphatic carbocycles. The number of carboxylic acids is 1. The molecular weight excluding hydrogens is 429 g/mol. The van der Waals surface area contributed by atoms with E-state index in [-0.39, 0.29) is 40.2 Å². The molecule has 2 aromatic rings. The predicted molar refractivity (Wildman–Crippen MR) is 108 cm³/mol. The first-order valence-electron chi connectivity index (χ1n) is 7.99. The fourth-order valence-corrected chi connectivity index (χ4v) is 3.14. The van der Waals surface area contributed by atoms with Crippen molar-refractivity contribution in [1.82, 2.24) is 5.32 Å². The van der Waals surface area contributed by atoms with Crippen LogP contribution in [0.2, 0.25) is 15.1 Å². The van der Waals surface area contributed by atoms with Crippen LogP contribution in [0.5, 0.6) is 0 Å². The number of carbonyl (C=O) groups excluding carboxylic acids is 2. The summed E-state index contributed by atoms with van der Waals surface area (Å²) >= 11 is 18.2. The minimum atomic E-state index is -1.30. The summed E-state index contributed by atoms with van der Waals surface area (Å²) in [6.45, 7) is -0.313. The fourth-order valence-electron chi connectivity index (χ4n) is 2.34. The first-order valence-corrected chi connectivity index (χ1v) is 9.12. The Balaban J connectivity index is 2.20. The monoisotopic (exact) mass is 443 g/mol. The van der Waals surface area contributed by atoms with Crippen LogP contribution in [0.1, 0.15) is 15.9 Å². The van der Waals surface area contributed by atoms with Gasteiger partial charge in [-0.2, -0.15) is 0 Å². The van der Waals surface area contributed by atoms with Gasteiger partial charge in [-0.1, -0.05) is 46.9 Å². The number of nitrogens with one attached hydrogen (secondary N) is 2. The summed E-state index contributed by atoms with van der Waals surface area (Å²) in [5, 5.41) is 14.2. The van der Waals surface area contributed by atoms with E-state index in [9.17, 15) is 14.4 Å². The van der Waals surface area contributed by atoms with Crippen LogP contribution in [-0.2, 0) is 16.0 Å². The van der Waals surface area contributed by atoms with Crippen LogP contribution in [0.25, 0.3) is 0 Å². The van der Waals surface area contributed by atoms with Crippen LogP contribution in [0, 0.1) is 0 Å². The minimum Gasteiger partial charge on any atom is -0.480 e. The van der Waals surface area contributed by atoms with E-state index < -0.39 is 17.9 Å². The number of nitrogens with two attached hydrogens (primary N) is 1. The molecule has 1 atom stereocenters. The van der Waals surface area contributed by atoms with Crippen LogP contribution in [-0.4, -0.2) is 35.5 Å². The number of carboxylic acid groups (broad SMARTS) is 1. The van der Waals surface area contributed by atoms with Crippen molar-refractivity contribution in [2.75, 3.05) is 11.9 Å². The molecule has 0 aromatic heterocycles. The number of hydrogen-bond donors (Lipinski definition) is 4. The lowest BCUT2D eigenvalue weighted by atomic mass is 10.1. The Morgan fingerprint density at radius 1 is 1.11 bits per heavy atom. The van der Waals surface area contributed by atoms with Crippen molar-refractivity contribution in [3.05, 3.63) is 62.6 Å². The lowest BCUT2D eigenvalue weighted by Gasteiger charge is -2.16. The lowest BCUT2D eigenvalue weighted by molar-refractivity contribution is -0.139. The summed E-state index contributed by atoms with van der Waals surface area (Å²) in [7, 11) is 0. The SMILES string of the molecule is NC[C@H](NC(=O)c1c(Cl)ccc(NC(=O)Cc2cccc(Cl)c2)c1Cl)C(=O)O. The molecule has 0 bridgehead atoms. The summed E-state index contributed by atoms with van der Waals surface area (Å²) in [4.78, 5) is 35.7. The van der Waals surface area contributed by atoms with Crippen LogP contribution < -0.4 is 16.4 Å². The van der Waals surface area contributed by atoms with Gasteiger partial charge in [-0.15, -0.1) is 0 Å². The van der Waals surface area contributed by atoms with Gasteiger partial charge in [0.25, 0.3) is 5.91 Å². The van der Waals surface area contributed by atoms with Gasteiger partial charge in [0.1, 0.15) is 6.04 Å². The van der Waals surface area contributed by atoms with E-state index in [2.05, 4.69) is 10.6 Å². The second-order valence-electron chi connectivity index (χ2n) is 5.74. The van der Waals surface area contributed by atoms with Crippen LogP contribution in [0.15, 0.2) is 36.4 Å². The Kier molecular flexibility index (Phi) is 7.65. The molecule has 5 N–H and O–H groups in total. The predicted octanol–water partition coefficient (Wildman–Crippen LogP) is 2.97. The Hall–Kier alpha value is -2.32. The van der Waals surface area contributed by atoms with Crippen molar-refractivity contribution in [3.8, 4) is 0 Å². The molecule has 7 nitrogen and oxygen atoms in total. The van der Waals surface area contributed by atoms with Crippen LogP contribution in [0.4, 0.5) is 5.69 Å². The summed E-state index contributed by atoms with van der Waals surface area (Å²) < 4.78 is 0. The molecule has 28 heavy (non-hydrogen) atoms. The molecule has 0 saturated heterocycles. The van der Waals surface area contributed by atoms with Gasteiger partial charge in [0, 0.05) is 11.6 Å². The highest BCUT2D eigenvalue weighted by Crippen LogP contribution is 2.32. The van der Waals surface area contributed by atoms with Crippen molar-refractivity contribution >= 4 is 58.3 Å². The number of rotatable bonds is 7. The zero-order valence-electron chi connectivity index (χ0n) is 14.3. The van der Waals surface area contributed by atoms with E-state index in [4.69, 9.17) is 45.6 Å². The number of amides is 2. The van der Waals surface area contributed by atoms with Gasteiger partial charge >= 0.3 is 5.97 Å². The van der Waals surface area contributed by atoms with Gasteiger partial charge in [0.05, 0.1) is 27.7 Å². The number of halogens is 3. The molecule has 2 amide bonds. The molecule has 0 aliphatic rings. The molecular formula is C18H16Cl3N3O4. The Bertz CT molecular complexity index is 921. The minimum absolute atomic E-state index is 0.00324. The van der Waals surface area contributed by atoms with Gasteiger partial charge in [0.15, 0.2) is 0 Å². The van der Waals surface area contributed by atoms with Gasteiger partial charge in [-0.3, -0.25) is 9.59 Å². The average Bonchev–Trinajstić information content (AvgIpc) is 2.62. The quantitative estimate of drug-likeness (QED) is 0.523. The Morgan fingerprint density at radius 3 is 2.43 bits per heavy atom. The molecule has 0 fully saturated rings. The van der Waals surface area contributed by atoms with Gasteiger partial charge in [-0.25, -0.2) is 4.79 Å². The van der Waals surface area contributed by atoms with E-state index in [1.54, 1.807) is 24.3 Å². The normalized spacial score (nSPS) is 11.6. The molecule has 0 spiro atoms. The summed E-state index contributed by atoms with van der Waals surface area (Å²) in [5.41, 5.74) is 6.01. The fraction of sp³-hybridized carbons (Fsp3) is 0.167. The lowest BCUT2D eigenvalue weighted by Crippen LogP contribution is -2.45. The highest BCUT2D eigenvalue weighted by atomic mass is 35.5. The van der Waals surface area contributed by atoms with Gasteiger partial charge in [0.2, 0.25) is 5.91 Å². The number of carbonyl (C=O) groups is 3. The number of aliphatic carboxylic acids is 1. The van der Waals surface area contributed by atoms with Crippen molar-refractivity contribution in [2.45, 2.75) is 12.5 Å². The highest BCUT2D eigenvalue weighted by molar-refractivity contribution is 6.41. The third kappa shape index (κ3) is 5.59. The zero-order chi connectivity index (χ0) is 20.8. The number of hydrogen-bond acceptors (Lipinski definition) is 4. The first kappa shape index (κ1) is 22.0. The third-order valence-corrected chi connectivity index (χ3v) is 4.63. The zero-order valence-corrected chi connectivity index (χ0v) is 16.6. The second-order valence-corrected chi connectivity index (χ2v) is 6.96. The standard InChI is InChI=1S/C18H16Cl3N3O4/c19-10-3-1-2-9(6-10)7-14(25)23-12-5-4-11(20)15(16(12)21)17(26)24-13(8-22)18(27)28/h1-6,13H,7-8,22H2,(H,23,25)(H,24,26)(H,27,28)/t13-/m0/s1. The third-order valence-electron chi connectivity index (χ3n) is 3.69. The molecule has 10 heteroatoms. The molecule has 0 unspecified atom stereocenters. The van der Waals surface area contributed by atoms with Crippen molar-refractivity contribution in [1.29, 1.82) is 0 Å². The number of anilines is 1. The number of benzene rings is 2. The molecule has 0 heterocycles. The van der Waals surface area contributed by atoms with Crippen molar-refractivity contribution in [3.63, 3.8) is 0 Å². The van der Waals surface area contributed by atoms with E-state index >= 15 is 0 Å². The Morgan fingerprint density at radius 2 is 1.82 bits per heavy atom. The largest absolute Gasteiger partial charge is 0.480 e. The van der Waals surface area contributed by atoms with Crippen LogP contribution >= 0.6 is 34.8 Å². The van der Waals surface area contributed by atoms with E-state index in [0.29, 0.717) is 10.6 Å². The van der Waals surface area contributed by atoms with Crippen LogP contribution in [0.3, 0.4) is 0 Å². The molecule has 0 radical (unpaired) electrons. The van der Waals surface area contributed by atoms with E-state index in [1.165, 1.54) is 12.1 Å². The Labute approximate surface area is 175 Å². The van der Waals surface area contributed by atoms with Gasteiger partial charge < -0.3 is 21.5 Å². The topological polar surface area (TPSA) is 122 Å². The second kappa shape index (κ2) is 9.75. The molecule has 0 aliphatic heterocycles. The van der Waals surface area contributed by atoms with E-state index in [0.717, 1.165) is 0 Å². The highest BCUT2D eigenvalue weighted by Gasteiger charge is 2.24. The smallest absolute Gasteiger partial charge is 0.327 e. The van der Waals surface area contributed by atoms with Crippen molar-refractivity contribution < 1.29 is 19.5 Å². The average molecular weight is 445 g/mol. The first-order chi connectivity index (χ1) is 13.2.